The molecule has 142 valence electrons. The molecule has 26 heavy (non-hydrogen) atoms. The lowest BCUT2D eigenvalue weighted by atomic mass is 9.91. The van der Waals surface area contributed by atoms with Crippen LogP contribution < -0.4 is 10.1 Å². The van der Waals surface area contributed by atoms with Gasteiger partial charge in [-0.05, 0) is 43.8 Å². The second kappa shape index (κ2) is 9.95. The van der Waals surface area contributed by atoms with Crippen molar-refractivity contribution in [2.75, 3.05) is 13.7 Å². The average Bonchev–Trinajstić information content (AvgIpc) is 3.14. The lowest BCUT2D eigenvalue weighted by Crippen LogP contribution is -2.43. The Bertz CT molecular complexity index is 693. The number of amides is 1. The Morgan fingerprint density at radius 3 is 2.77 bits per heavy atom. The summed E-state index contributed by atoms with van der Waals surface area (Å²) in [5, 5.41) is 5.49. The maximum Gasteiger partial charge on any atom is 0.226 e. The van der Waals surface area contributed by atoms with E-state index in [-0.39, 0.29) is 24.2 Å². The number of thiophene rings is 1. The molecule has 1 fully saturated rings. The monoisotopic (exact) mass is 394 g/mol. The zero-order chi connectivity index (χ0) is 17.6. The number of hydrogen-bond donors (Lipinski definition) is 1. The lowest BCUT2D eigenvalue weighted by molar-refractivity contribution is -0.138. The normalized spacial score (nSPS) is 19.5. The first-order chi connectivity index (χ1) is 12.2. The molecule has 0 bridgehead atoms. The summed E-state index contributed by atoms with van der Waals surface area (Å²) in [6, 6.07) is 12.5. The van der Waals surface area contributed by atoms with Crippen LogP contribution >= 0.6 is 23.7 Å². The van der Waals surface area contributed by atoms with Crippen LogP contribution in [0.25, 0.3) is 0 Å². The van der Waals surface area contributed by atoms with E-state index in [0.717, 1.165) is 30.7 Å². The molecule has 2 atom stereocenters. The molecule has 0 spiro atoms. The second-order valence-corrected chi connectivity index (χ2v) is 7.69. The van der Waals surface area contributed by atoms with E-state index < -0.39 is 0 Å². The fraction of sp³-hybridized carbons (Fsp3) is 0.450. The number of nitrogens with one attached hydrogen (secondary N) is 1. The van der Waals surface area contributed by atoms with Gasteiger partial charge in [-0.1, -0.05) is 24.3 Å². The molecule has 1 N–H and O–H groups in total. The molecule has 1 amide bonds. The van der Waals surface area contributed by atoms with Crippen LogP contribution in [0.5, 0.6) is 5.75 Å². The Labute approximate surface area is 166 Å². The Morgan fingerprint density at radius 2 is 2.08 bits per heavy atom. The van der Waals surface area contributed by atoms with Crippen LogP contribution in [0.3, 0.4) is 0 Å². The summed E-state index contributed by atoms with van der Waals surface area (Å²) >= 11 is 1.70. The first-order valence-corrected chi connectivity index (χ1v) is 9.71. The van der Waals surface area contributed by atoms with Crippen molar-refractivity contribution in [3.8, 4) is 5.75 Å². The largest absolute Gasteiger partial charge is 0.496 e. The maximum absolute atomic E-state index is 13.2. The zero-order valence-corrected chi connectivity index (χ0v) is 16.9. The van der Waals surface area contributed by atoms with Gasteiger partial charge >= 0.3 is 0 Å². The van der Waals surface area contributed by atoms with Crippen LogP contribution in [-0.4, -0.2) is 30.5 Å². The van der Waals surface area contributed by atoms with Crippen LogP contribution in [-0.2, 0) is 17.9 Å². The first kappa shape index (κ1) is 20.7. The van der Waals surface area contributed by atoms with Gasteiger partial charge in [0, 0.05) is 28.9 Å². The summed E-state index contributed by atoms with van der Waals surface area (Å²) in [7, 11) is 1.68. The molecule has 0 radical (unpaired) electrons. The number of nitrogens with zero attached hydrogens (tertiary/aromatic N) is 1. The fourth-order valence-corrected chi connectivity index (χ4v) is 4.18. The van der Waals surface area contributed by atoms with Gasteiger partial charge in [-0.15, -0.1) is 23.7 Å². The maximum atomic E-state index is 13.2. The molecule has 1 aromatic heterocycles. The van der Waals surface area contributed by atoms with Crippen molar-refractivity contribution < 1.29 is 9.53 Å². The quantitative estimate of drug-likeness (QED) is 0.802. The average molecular weight is 395 g/mol. The van der Waals surface area contributed by atoms with Gasteiger partial charge in [0.25, 0.3) is 0 Å². The molecule has 0 unspecified atom stereocenters. The lowest BCUT2D eigenvalue weighted by Gasteiger charge is -2.32. The summed E-state index contributed by atoms with van der Waals surface area (Å²) in [6.45, 7) is 4.31. The van der Waals surface area contributed by atoms with E-state index in [4.69, 9.17) is 4.74 Å². The molecule has 0 aliphatic carbocycles. The molecule has 1 saturated heterocycles. The minimum absolute atomic E-state index is 0. The summed E-state index contributed by atoms with van der Waals surface area (Å²) < 4.78 is 5.48. The van der Waals surface area contributed by atoms with Gasteiger partial charge in [0.1, 0.15) is 5.75 Å². The third-order valence-corrected chi connectivity index (χ3v) is 5.63. The SMILES string of the molecule is COc1ccccc1CN(Cc1cccs1)C(=O)[C@H]1CCN[C@@H](C)C1.Cl. The second-order valence-electron chi connectivity index (χ2n) is 6.66. The highest BCUT2D eigenvalue weighted by Crippen LogP contribution is 2.25. The number of hydrogen-bond acceptors (Lipinski definition) is 4. The summed E-state index contributed by atoms with van der Waals surface area (Å²) in [6.07, 6.45) is 1.82. The van der Waals surface area contributed by atoms with Crippen LogP contribution in [0.4, 0.5) is 0 Å². The first-order valence-electron chi connectivity index (χ1n) is 8.84. The number of carbonyl (C=O) groups excluding carboxylic acids is 1. The standard InChI is InChI=1S/C20H26N2O2S.ClH/c1-15-12-16(9-10-21-15)20(23)22(14-18-7-5-11-25-18)13-17-6-3-4-8-19(17)24-2;/h3-8,11,15-16,21H,9-10,12-14H2,1-2H3;1H/t15-,16-;/m0./s1. The molecule has 4 nitrogen and oxygen atoms in total. The van der Waals surface area contributed by atoms with Crippen LogP contribution in [0.2, 0.25) is 0 Å². The van der Waals surface area contributed by atoms with Crippen molar-refractivity contribution in [1.29, 1.82) is 0 Å². The number of benzene rings is 1. The van der Waals surface area contributed by atoms with Crippen LogP contribution in [0, 0.1) is 5.92 Å². The smallest absolute Gasteiger partial charge is 0.226 e. The summed E-state index contributed by atoms with van der Waals surface area (Å²) in [5.74, 6) is 1.20. The Balaban J connectivity index is 0.00000243. The van der Waals surface area contributed by atoms with Gasteiger partial charge in [-0.3, -0.25) is 4.79 Å². The molecule has 3 rings (SSSR count). The van der Waals surface area contributed by atoms with E-state index in [2.05, 4.69) is 23.7 Å². The highest BCUT2D eigenvalue weighted by atomic mass is 35.5. The van der Waals surface area contributed by atoms with Gasteiger partial charge in [-0.2, -0.15) is 0 Å². The Morgan fingerprint density at radius 1 is 1.27 bits per heavy atom. The zero-order valence-electron chi connectivity index (χ0n) is 15.3. The van der Waals surface area contributed by atoms with Gasteiger partial charge in [0.15, 0.2) is 0 Å². The van der Waals surface area contributed by atoms with Crippen molar-refractivity contribution in [2.24, 2.45) is 5.92 Å². The molecular formula is C20H27ClN2O2S. The topological polar surface area (TPSA) is 41.6 Å². The number of ether oxygens (including phenoxy) is 1. The van der Waals surface area contributed by atoms with E-state index in [0.29, 0.717) is 19.1 Å². The molecular weight excluding hydrogens is 368 g/mol. The number of rotatable bonds is 6. The van der Waals surface area contributed by atoms with E-state index >= 15 is 0 Å². The highest BCUT2D eigenvalue weighted by Gasteiger charge is 2.29. The predicted octanol–water partition coefficient (Wildman–Crippen LogP) is 4.10. The van der Waals surface area contributed by atoms with E-state index in [1.165, 1.54) is 4.88 Å². The molecule has 2 heterocycles. The van der Waals surface area contributed by atoms with Crippen molar-refractivity contribution in [3.63, 3.8) is 0 Å². The van der Waals surface area contributed by atoms with E-state index in [9.17, 15) is 4.79 Å². The molecule has 0 saturated carbocycles. The van der Waals surface area contributed by atoms with Crippen molar-refractivity contribution in [3.05, 3.63) is 52.2 Å². The van der Waals surface area contributed by atoms with Crippen LogP contribution in [0.1, 0.15) is 30.2 Å². The predicted molar refractivity (Wildman–Crippen MR) is 109 cm³/mol. The molecule has 1 aliphatic rings. The minimum atomic E-state index is 0. The Hall–Kier alpha value is -1.56. The molecule has 1 aromatic carbocycles. The van der Waals surface area contributed by atoms with Gasteiger partial charge in [0.05, 0.1) is 13.7 Å². The third-order valence-electron chi connectivity index (χ3n) is 4.77. The number of para-hydroxylation sites is 1. The third kappa shape index (κ3) is 5.22. The Kier molecular flexibility index (Phi) is 7.94. The summed E-state index contributed by atoms with van der Waals surface area (Å²) in [4.78, 5) is 16.4. The number of methoxy groups -OCH3 is 1. The van der Waals surface area contributed by atoms with Crippen molar-refractivity contribution >= 4 is 29.7 Å². The fourth-order valence-electron chi connectivity index (χ4n) is 3.46. The van der Waals surface area contributed by atoms with E-state index in [1.807, 2.05) is 35.2 Å². The van der Waals surface area contributed by atoms with Gasteiger partial charge < -0.3 is 15.0 Å². The molecule has 6 heteroatoms. The molecule has 1 aliphatic heterocycles. The van der Waals surface area contributed by atoms with E-state index in [1.54, 1.807) is 18.4 Å². The minimum Gasteiger partial charge on any atom is -0.496 e. The number of halogens is 1. The van der Waals surface area contributed by atoms with Crippen LogP contribution in [0.15, 0.2) is 41.8 Å². The highest BCUT2D eigenvalue weighted by molar-refractivity contribution is 7.09. The van der Waals surface area contributed by atoms with Gasteiger partial charge in [0.2, 0.25) is 5.91 Å². The number of carbonyl (C=O) groups is 1. The molecule has 2 aromatic rings. The van der Waals surface area contributed by atoms with Crippen molar-refractivity contribution in [2.45, 2.75) is 38.9 Å². The van der Waals surface area contributed by atoms with Crippen molar-refractivity contribution in [1.82, 2.24) is 10.2 Å². The number of piperidine rings is 1. The summed E-state index contributed by atoms with van der Waals surface area (Å²) in [5.41, 5.74) is 1.05. The van der Waals surface area contributed by atoms with Gasteiger partial charge in [-0.25, -0.2) is 0 Å².